The predicted molar refractivity (Wildman–Crippen MR) is 95.2 cm³/mol. The fourth-order valence-electron chi connectivity index (χ4n) is 2.63. The van der Waals surface area contributed by atoms with Crippen molar-refractivity contribution < 1.29 is 9.59 Å². The largest absolute Gasteiger partial charge is 0.335 e. The highest BCUT2D eigenvalue weighted by Gasteiger charge is 2.25. The van der Waals surface area contributed by atoms with E-state index in [0.29, 0.717) is 42.3 Å². The maximum Gasteiger partial charge on any atom is 0.255 e. The van der Waals surface area contributed by atoms with E-state index in [1.54, 1.807) is 52.5 Å². The van der Waals surface area contributed by atoms with Crippen molar-refractivity contribution in [3.8, 4) is 0 Å². The van der Waals surface area contributed by atoms with Gasteiger partial charge in [-0.15, -0.1) is 0 Å². The molecule has 24 heavy (non-hydrogen) atoms. The summed E-state index contributed by atoms with van der Waals surface area (Å²) in [6.07, 6.45) is 3.19. The number of halogens is 2. The number of hydrogen-bond acceptors (Lipinski definition) is 3. The lowest BCUT2D eigenvalue weighted by molar-refractivity contribution is 0.0535. The highest BCUT2D eigenvalue weighted by molar-refractivity contribution is 9.10. The van der Waals surface area contributed by atoms with E-state index in [0.717, 1.165) is 4.47 Å². The van der Waals surface area contributed by atoms with Crippen molar-refractivity contribution in [2.24, 2.45) is 0 Å². The van der Waals surface area contributed by atoms with Gasteiger partial charge in [0.1, 0.15) is 0 Å². The zero-order valence-electron chi connectivity index (χ0n) is 12.8. The van der Waals surface area contributed by atoms with E-state index in [2.05, 4.69) is 20.9 Å². The van der Waals surface area contributed by atoms with E-state index >= 15 is 0 Å². The van der Waals surface area contributed by atoms with Gasteiger partial charge in [0.25, 0.3) is 11.8 Å². The molecule has 0 atom stereocenters. The van der Waals surface area contributed by atoms with Crippen molar-refractivity contribution in [3.63, 3.8) is 0 Å². The van der Waals surface area contributed by atoms with Crippen LogP contribution in [0.3, 0.4) is 0 Å². The zero-order chi connectivity index (χ0) is 17.1. The third kappa shape index (κ3) is 3.76. The normalized spacial score (nSPS) is 14.6. The van der Waals surface area contributed by atoms with E-state index in [1.807, 2.05) is 0 Å². The smallest absolute Gasteiger partial charge is 0.255 e. The highest BCUT2D eigenvalue weighted by Crippen LogP contribution is 2.16. The van der Waals surface area contributed by atoms with Crippen LogP contribution >= 0.6 is 27.5 Å². The Morgan fingerprint density at radius 3 is 2.17 bits per heavy atom. The summed E-state index contributed by atoms with van der Waals surface area (Å²) in [6.45, 7) is 1.99. The Hall–Kier alpha value is -1.92. The van der Waals surface area contributed by atoms with Crippen LogP contribution < -0.4 is 0 Å². The Bertz CT molecular complexity index is 710. The number of hydrogen-bond donors (Lipinski definition) is 0. The molecule has 3 rings (SSSR count). The fourth-order valence-corrected chi connectivity index (χ4v) is 3.18. The van der Waals surface area contributed by atoms with Crippen molar-refractivity contribution in [1.29, 1.82) is 0 Å². The minimum Gasteiger partial charge on any atom is -0.335 e. The summed E-state index contributed by atoms with van der Waals surface area (Å²) in [5, 5.41) is 0.539. The second-order valence-corrected chi connectivity index (χ2v) is 6.84. The number of nitrogens with zero attached hydrogens (tertiary/aromatic N) is 3. The number of pyridine rings is 1. The molecule has 2 aromatic rings. The molecule has 0 radical (unpaired) electrons. The van der Waals surface area contributed by atoms with Crippen molar-refractivity contribution in [2.75, 3.05) is 26.2 Å². The Balaban J connectivity index is 1.63. The molecule has 1 saturated heterocycles. The molecule has 0 unspecified atom stereocenters. The number of aromatic nitrogens is 1. The Morgan fingerprint density at radius 1 is 0.958 bits per heavy atom. The second-order valence-electron chi connectivity index (χ2n) is 5.49. The van der Waals surface area contributed by atoms with Crippen LogP contribution in [-0.4, -0.2) is 52.8 Å². The van der Waals surface area contributed by atoms with E-state index in [-0.39, 0.29) is 11.8 Å². The monoisotopic (exact) mass is 407 g/mol. The van der Waals surface area contributed by atoms with Gasteiger partial charge in [-0.25, -0.2) is 0 Å². The quantitative estimate of drug-likeness (QED) is 0.767. The molecule has 5 nitrogen and oxygen atoms in total. The van der Waals surface area contributed by atoms with Gasteiger partial charge in [-0.05, 0) is 40.2 Å². The van der Waals surface area contributed by atoms with Crippen LogP contribution in [0, 0.1) is 0 Å². The number of piperazine rings is 1. The lowest BCUT2D eigenvalue weighted by Crippen LogP contribution is -2.50. The molecule has 0 saturated carbocycles. The SMILES string of the molecule is O=C(c1cccc(Cl)c1)N1CCN(C(=O)c2cncc(Br)c2)CC1. The minimum absolute atomic E-state index is 0.0614. The molecule has 7 heteroatoms. The molecular weight excluding hydrogens is 394 g/mol. The number of carbonyl (C=O) groups excluding carboxylic acids is 2. The van der Waals surface area contributed by atoms with Crippen LogP contribution in [0.2, 0.25) is 5.02 Å². The molecule has 1 aromatic heterocycles. The molecular formula is C17H15BrClN3O2. The fraction of sp³-hybridized carbons (Fsp3) is 0.235. The van der Waals surface area contributed by atoms with Crippen molar-refractivity contribution in [1.82, 2.24) is 14.8 Å². The Kier molecular flexibility index (Phi) is 5.16. The second kappa shape index (κ2) is 7.32. The third-order valence-electron chi connectivity index (χ3n) is 3.88. The maximum atomic E-state index is 12.5. The number of benzene rings is 1. The third-order valence-corrected chi connectivity index (χ3v) is 4.55. The van der Waals surface area contributed by atoms with Gasteiger partial charge >= 0.3 is 0 Å². The average Bonchev–Trinajstić information content (AvgIpc) is 2.60. The van der Waals surface area contributed by atoms with Gasteiger partial charge in [0, 0.05) is 53.6 Å². The van der Waals surface area contributed by atoms with Crippen LogP contribution in [0.15, 0.2) is 47.2 Å². The van der Waals surface area contributed by atoms with Gasteiger partial charge in [-0.3, -0.25) is 14.6 Å². The summed E-state index contributed by atoms with van der Waals surface area (Å²) >= 11 is 9.26. The molecule has 2 amide bonds. The van der Waals surface area contributed by atoms with Gasteiger partial charge < -0.3 is 9.80 Å². The van der Waals surface area contributed by atoms with Gasteiger partial charge in [-0.2, -0.15) is 0 Å². The molecule has 0 bridgehead atoms. The maximum absolute atomic E-state index is 12.5. The first kappa shape index (κ1) is 16.9. The van der Waals surface area contributed by atoms with E-state index in [4.69, 9.17) is 11.6 Å². The summed E-state index contributed by atoms with van der Waals surface area (Å²) in [4.78, 5) is 32.5. The Labute approximate surface area is 153 Å². The molecule has 0 spiro atoms. The van der Waals surface area contributed by atoms with Crippen molar-refractivity contribution >= 4 is 39.3 Å². The molecule has 1 aromatic carbocycles. The molecule has 0 aliphatic carbocycles. The predicted octanol–water partition coefficient (Wildman–Crippen LogP) is 3.10. The minimum atomic E-state index is -0.0707. The van der Waals surface area contributed by atoms with E-state index in [9.17, 15) is 9.59 Å². The summed E-state index contributed by atoms with van der Waals surface area (Å²) in [6, 6.07) is 8.66. The zero-order valence-corrected chi connectivity index (χ0v) is 15.1. The van der Waals surface area contributed by atoms with Gasteiger partial charge in [0.05, 0.1) is 5.56 Å². The van der Waals surface area contributed by atoms with Crippen LogP contribution in [0.1, 0.15) is 20.7 Å². The number of rotatable bonds is 2. The van der Waals surface area contributed by atoms with Gasteiger partial charge in [0.15, 0.2) is 0 Å². The highest BCUT2D eigenvalue weighted by atomic mass is 79.9. The summed E-state index contributed by atoms with van der Waals surface area (Å²) in [5.74, 6) is -0.132. The number of amides is 2. The summed E-state index contributed by atoms with van der Waals surface area (Å²) < 4.78 is 0.767. The van der Waals surface area contributed by atoms with Crippen LogP contribution in [0.4, 0.5) is 0 Å². The topological polar surface area (TPSA) is 53.5 Å². The molecule has 1 aliphatic heterocycles. The van der Waals surface area contributed by atoms with Crippen molar-refractivity contribution in [3.05, 3.63) is 63.3 Å². The van der Waals surface area contributed by atoms with E-state index in [1.165, 1.54) is 0 Å². The lowest BCUT2D eigenvalue weighted by atomic mass is 10.1. The standard InChI is InChI=1S/C17H15BrClN3O2/c18-14-8-13(10-20-11-14)17(24)22-6-4-21(5-7-22)16(23)12-2-1-3-15(19)9-12/h1-3,8-11H,4-7H2. The molecule has 0 N–H and O–H groups in total. The van der Waals surface area contributed by atoms with Crippen LogP contribution in [-0.2, 0) is 0 Å². The summed E-state index contributed by atoms with van der Waals surface area (Å²) in [7, 11) is 0. The van der Waals surface area contributed by atoms with Gasteiger partial charge in [-0.1, -0.05) is 17.7 Å². The first-order valence-electron chi connectivity index (χ1n) is 7.49. The summed E-state index contributed by atoms with van der Waals surface area (Å²) in [5.41, 5.74) is 1.11. The molecule has 1 aliphatic rings. The average molecular weight is 409 g/mol. The first-order chi connectivity index (χ1) is 11.5. The lowest BCUT2D eigenvalue weighted by Gasteiger charge is -2.34. The molecule has 2 heterocycles. The Morgan fingerprint density at radius 2 is 1.58 bits per heavy atom. The van der Waals surface area contributed by atoms with Crippen molar-refractivity contribution in [2.45, 2.75) is 0 Å². The van der Waals surface area contributed by atoms with E-state index < -0.39 is 0 Å². The number of carbonyl (C=O) groups is 2. The van der Waals surface area contributed by atoms with Crippen LogP contribution in [0.5, 0.6) is 0 Å². The molecule has 124 valence electrons. The molecule has 1 fully saturated rings. The first-order valence-corrected chi connectivity index (χ1v) is 8.66. The van der Waals surface area contributed by atoms with Crippen LogP contribution in [0.25, 0.3) is 0 Å². The van der Waals surface area contributed by atoms with Gasteiger partial charge in [0.2, 0.25) is 0 Å².